The van der Waals surface area contributed by atoms with E-state index in [-0.39, 0.29) is 56.2 Å². The maximum absolute atomic E-state index is 13.2. The number of rotatable bonds is 7. The topological polar surface area (TPSA) is 105 Å². The van der Waals surface area contributed by atoms with E-state index in [9.17, 15) is 32.3 Å². The number of piperidine rings is 1. The maximum atomic E-state index is 13.2. The third kappa shape index (κ3) is 5.45. The van der Waals surface area contributed by atoms with Crippen molar-refractivity contribution in [1.82, 2.24) is 15.5 Å². The van der Waals surface area contributed by atoms with Crippen LogP contribution in [0.3, 0.4) is 0 Å². The Balaban J connectivity index is 1.29. The predicted molar refractivity (Wildman–Crippen MR) is 126 cm³/mol. The Morgan fingerprint density at radius 2 is 1.92 bits per heavy atom. The molecular weight excluding hydrogens is 491 g/mol. The van der Waals surface area contributed by atoms with Crippen molar-refractivity contribution in [3.63, 3.8) is 0 Å². The van der Waals surface area contributed by atoms with E-state index in [0.717, 1.165) is 11.6 Å². The van der Waals surface area contributed by atoms with Crippen molar-refractivity contribution in [3.05, 3.63) is 71.3 Å². The fourth-order valence-corrected chi connectivity index (χ4v) is 4.89. The molecule has 0 bridgehead atoms. The summed E-state index contributed by atoms with van der Waals surface area (Å²) < 4.78 is 44.8. The number of alkyl carbamates (subject to hydrolysis) is 1. The van der Waals surface area contributed by atoms with Crippen LogP contribution in [0.4, 0.5) is 18.0 Å². The summed E-state index contributed by atoms with van der Waals surface area (Å²) in [5, 5.41) is 4.85. The minimum atomic E-state index is -4.54. The number of benzene rings is 1. The first-order valence-electron chi connectivity index (χ1n) is 11.8. The van der Waals surface area contributed by atoms with Gasteiger partial charge in [-0.3, -0.25) is 19.7 Å². The number of carbonyl (C=O) groups is 4. The van der Waals surface area contributed by atoms with Crippen molar-refractivity contribution in [3.8, 4) is 0 Å². The van der Waals surface area contributed by atoms with Gasteiger partial charge in [0.1, 0.15) is 12.1 Å². The standard InChI is InChI=1S/C26H26F3N3O5/c1-3-18(20(4-2)26(27,28)29)16-10-17(11-16)37-25(36)30-12-14-5-6-15-13-32(24(35)19(15)9-14)21-7-8-22(33)31-23(21)34/h3-6,9,16-17,21H,1-2,7-8,10-13H2,(H,30,36)(H,31,33,34)/b20-18-. The lowest BCUT2D eigenvalue weighted by Gasteiger charge is -2.36. The van der Waals surface area contributed by atoms with Crippen LogP contribution >= 0.6 is 0 Å². The van der Waals surface area contributed by atoms with Crippen molar-refractivity contribution < 1.29 is 37.1 Å². The lowest BCUT2D eigenvalue weighted by atomic mass is 9.75. The largest absolute Gasteiger partial charge is 0.446 e. The van der Waals surface area contributed by atoms with Gasteiger partial charge >= 0.3 is 12.3 Å². The molecule has 1 unspecified atom stereocenters. The molecule has 3 aliphatic rings. The summed E-state index contributed by atoms with van der Waals surface area (Å²) in [5.74, 6) is -1.60. The van der Waals surface area contributed by atoms with Crippen molar-refractivity contribution >= 4 is 23.8 Å². The van der Waals surface area contributed by atoms with Crippen LogP contribution in [-0.2, 0) is 27.4 Å². The lowest BCUT2D eigenvalue weighted by molar-refractivity contribution is -0.136. The molecule has 1 saturated carbocycles. The van der Waals surface area contributed by atoms with Gasteiger partial charge < -0.3 is 15.0 Å². The van der Waals surface area contributed by atoms with Crippen LogP contribution in [0, 0.1) is 5.92 Å². The number of hydrogen-bond acceptors (Lipinski definition) is 5. The number of nitrogens with one attached hydrogen (secondary N) is 2. The molecule has 1 aromatic rings. The Bertz CT molecular complexity index is 1200. The van der Waals surface area contributed by atoms with Crippen LogP contribution in [0.15, 0.2) is 54.7 Å². The number of alkyl halides is 3. The van der Waals surface area contributed by atoms with Gasteiger partial charge in [-0.1, -0.05) is 37.4 Å². The molecule has 0 spiro atoms. The third-order valence-corrected chi connectivity index (χ3v) is 6.88. The Kier molecular flexibility index (Phi) is 7.24. The molecule has 11 heteroatoms. The molecule has 1 aliphatic carbocycles. The van der Waals surface area contributed by atoms with Crippen molar-refractivity contribution in [2.75, 3.05) is 0 Å². The highest BCUT2D eigenvalue weighted by Gasteiger charge is 2.41. The molecule has 0 aromatic heterocycles. The molecule has 1 saturated heterocycles. The molecule has 2 heterocycles. The number of fused-ring (bicyclic) bond motifs is 1. The zero-order valence-electron chi connectivity index (χ0n) is 19.9. The first kappa shape index (κ1) is 26.2. The second-order valence-electron chi connectivity index (χ2n) is 9.22. The van der Waals surface area contributed by atoms with E-state index < -0.39 is 41.8 Å². The average Bonchev–Trinajstić information content (AvgIpc) is 3.13. The normalized spacial score (nSPS) is 23.9. The second-order valence-corrected chi connectivity index (χ2v) is 9.22. The number of imide groups is 1. The fourth-order valence-electron chi connectivity index (χ4n) is 4.89. The van der Waals surface area contributed by atoms with Crippen LogP contribution < -0.4 is 10.6 Å². The van der Waals surface area contributed by atoms with Crippen LogP contribution in [-0.4, -0.2) is 47.0 Å². The van der Waals surface area contributed by atoms with Gasteiger partial charge in [-0.2, -0.15) is 13.2 Å². The molecule has 1 atom stereocenters. The molecule has 4 amide bonds. The first-order valence-corrected chi connectivity index (χ1v) is 11.8. The summed E-state index contributed by atoms with van der Waals surface area (Å²) in [6.45, 7) is 7.04. The summed E-state index contributed by atoms with van der Waals surface area (Å²) in [6, 6.07) is 4.42. The molecule has 2 fully saturated rings. The van der Waals surface area contributed by atoms with E-state index in [1.54, 1.807) is 18.2 Å². The van der Waals surface area contributed by atoms with E-state index in [1.807, 2.05) is 0 Å². The Morgan fingerprint density at radius 1 is 1.19 bits per heavy atom. The number of hydrogen-bond donors (Lipinski definition) is 2. The van der Waals surface area contributed by atoms with Crippen LogP contribution in [0.1, 0.15) is 47.2 Å². The Labute approximate surface area is 211 Å². The SMILES string of the molecule is C=C/C(=C(\C=C)C(F)(F)F)C1CC(OC(=O)NCc2ccc3c(c2)C(=O)N(C2CCC(=O)NC2=O)C3)C1. The summed E-state index contributed by atoms with van der Waals surface area (Å²) in [7, 11) is 0. The number of carbonyl (C=O) groups excluding carboxylic acids is 4. The summed E-state index contributed by atoms with van der Waals surface area (Å²) in [6.07, 6.45) is -2.93. The molecule has 4 rings (SSSR count). The van der Waals surface area contributed by atoms with Gasteiger partial charge in [-0.05, 0) is 47.9 Å². The van der Waals surface area contributed by atoms with E-state index in [0.29, 0.717) is 11.1 Å². The zero-order chi connectivity index (χ0) is 26.9. The average molecular weight is 518 g/mol. The second kappa shape index (κ2) is 10.2. The number of ether oxygens (including phenoxy) is 1. The van der Waals surface area contributed by atoms with Crippen LogP contribution in [0.2, 0.25) is 0 Å². The number of amides is 4. The highest BCUT2D eigenvalue weighted by Crippen LogP contribution is 2.41. The monoisotopic (exact) mass is 517 g/mol. The molecule has 2 N–H and O–H groups in total. The van der Waals surface area contributed by atoms with Gasteiger partial charge in [0.2, 0.25) is 11.8 Å². The van der Waals surface area contributed by atoms with Gasteiger partial charge in [0, 0.05) is 25.1 Å². The van der Waals surface area contributed by atoms with Crippen LogP contribution in [0.25, 0.3) is 0 Å². The lowest BCUT2D eigenvalue weighted by Crippen LogP contribution is -2.52. The Morgan fingerprint density at radius 3 is 2.54 bits per heavy atom. The van der Waals surface area contributed by atoms with Crippen molar-refractivity contribution in [2.45, 2.75) is 57.1 Å². The summed E-state index contributed by atoms with van der Waals surface area (Å²) in [4.78, 5) is 50.1. The third-order valence-electron chi connectivity index (χ3n) is 6.88. The molecular formula is C26H26F3N3O5. The van der Waals surface area contributed by atoms with E-state index >= 15 is 0 Å². The fraction of sp³-hybridized carbons (Fsp3) is 0.385. The summed E-state index contributed by atoms with van der Waals surface area (Å²) >= 11 is 0. The predicted octanol–water partition coefficient (Wildman–Crippen LogP) is 3.68. The Hall–Kier alpha value is -3.89. The van der Waals surface area contributed by atoms with E-state index in [2.05, 4.69) is 23.8 Å². The van der Waals surface area contributed by atoms with Gasteiger partial charge in [0.15, 0.2) is 0 Å². The van der Waals surface area contributed by atoms with Gasteiger partial charge in [0.25, 0.3) is 5.91 Å². The van der Waals surface area contributed by atoms with E-state index in [1.165, 1.54) is 11.0 Å². The van der Waals surface area contributed by atoms with E-state index in [4.69, 9.17) is 4.74 Å². The highest BCUT2D eigenvalue weighted by molar-refractivity contribution is 6.05. The highest BCUT2D eigenvalue weighted by atomic mass is 19.4. The minimum absolute atomic E-state index is 0.0388. The molecule has 2 aliphatic heterocycles. The zero-order valence-corrected chi connectivity index (χ0v) is 19.9. The number of halogens is 3. The van der Waals surface area contributed by atoms with Crippen LogP contribution in [0.5, 0.6) is 0 Å². The maximum Gasteiger partial charge on any atom is 0.416 e. The molecule has 37 heavy (non-hydrogen) atoms. The number of nitrogens with zero attached hydrogens (tertiary/aromatic N) is 1. The van der Waals surface area contributed by atoms with Gasteiger partial charge in [-0.25, -0.2) is 4.79 Å². The molecule has 0 radical (unpaired) electrons. The molecule has 1 aromatic carbocycles. The minimum Gasteiger partial charge on any atom is -0.446 e. The van der Waals surface area contributed by atoms with Gasteiger partial charge in [-0.15, -0.1) is 0 Å². The first-order chi connectivity index (χ1) is 17.5. The summed E-state index contributed by atoms with van der Waals surface area (Å²) in [5.41, 5.74) is 1.00. The van der Waals surface area contributed by atoms with Gasteiger partial charge in [0.05, 0.1) is 5.57 Å². The van der Waals surface area contributed by atoms with Crippen molar-refractivity contribution in [1.29, 1.82) is 0 Å². The van der Waals surface area contributed by atoms with Crippen molar-refractivity contribution in [2.24, 2.45) is 5.92 Å². The molecule has 8 nitrogen and oxygen atoms in total. The molecule has 196 valence electrons. The number of allylic oxidation sites excluding steroid dienone is 4. The quantitative estimate of drug-likeness (QED) is 0.424. The smallest absolute Gasteiger partial charge is 0.416 e.